The third-order valence-corrected chi connectivity index (χ3v) is 6.06. The van der Waals surface area contributed by atoms with E-state index in [1.807, 2.05) is 13.0 Å². The van der Waals surface area contributed by atoms with E-state index in [4.69, 9.17) is 4.74 Å². The fraction of sp³-hybridized carbons (Fsp3) is 0.476. The summed E-state index contributed by atoms with van der Waals surface area (Å²) in [4.78, 5) is 16.6. The van der Waals surface area contributed by atoms with Crippen LogP contribution >= 0.6 is 11.8 Å². The Morgan fingerprint density at radius 3 is 2.67 bits per heavy atom. The van der Waals surface area contributed by atoms with Crippen molar-refractivity contribution in [3.05, 3.63) is 58.4 Å². The fourth-order valence-electron chi connectivity index (χ4n) is 3.67. The lowest BCUT2D eigenvalue weighted by Crippen LogP contribution is -2.47. The molecule has 27 heavy (non-hydrogen) atoms. The van der Waals surface area contributed by atoms with E-state index in [2.05, 4.69) is 47.9 Å². The quantitative estimate of drug-likeness (QED) is 0.805. The van der Waals surface area contributed by atoms with Crippen LogP contribution in [0.5, 0.6) is 0 Å². The van der Waals surface area contributed by atoms with Crippen molar-refractivity contribution in [2.75, 3.05) is 32.1 Å². The Kier molecular flexibility index (Phi) is 6.50. The molecule has 1 unspecified atom stereocenters. The topological polar surface area (TPSA) is 53.0 Å². The minimum absolute atomic E-state index is 0.198. The predicted molar refractivity (Wildman–Crippen MR) is 109 cm³/mol. The number of carboxylic acid groups (broad SMARTS) is 1. The van der Waals surface area contributed by atoms with Crippen LogP contribution in [0.15, 0.2) is 47.3 Å². The zero-order valence-electron chi connectivity index (χ0n) is 16.3. The van der Waals surface area contributed by atoms with Gasteiger partial charge in [-0.1, -0.05) is 36.8 Å². The van der Waals surface area contributed by atoms with E-state index in [-0.39, 0.29) is 5.37 Å². The molecule has 2 heterocycles. The van der Waals surface area contributed by atoms with E-state index >= 15 is 0 Å². The van der Waals surface area contributed by atoms with Crippen LogP contribution in [0.3, 0.4) is 0 Å². The molecule has 2 aliphatic heterocycles. The Balaban J connectivity index is 2.02. The molecule has 1 saturated heterocycles. The van der Waals surface area contributed by atoms with Crippen LogP contribution in [-0.2, 0) is 16.1 Å². The maximum absolute atomic E-state index is 12.0. The Morgan fingerprint density at radius 2 is 2.04 bits per heavy atom. The van der Waals surface area contributed by atoms with Gasteiger partial charge in [-0.15, -0.1) is 11.8 Å². The van der Waals surface area contributed by atoms with Gasteiger partial charge in [-0.3, -0.25) is 0 Å². The number of aryl methyl sites for hydroxylation is 1. The summed E-state index contributed by atoms with van der Waals surface area (Å²) in [5.74, 6) is 1.13. The van der Waals surface area contributed by atoms with Crippen molar-refractivity contribution in [1.29, 1.82) is 0 Å². The summed E-state index contributed by atoms with van der Waals surface area (Å²) in [6.07, 6.45) is 2.04. The molecule has 1 N–H and O–H groups in total. The average molecular weight is 389 g/mol. The van der Waals surface area contributed by atoms with Gasteiger partial charge in [-0.25, -0.2) is 4.79 Å². The first-order chi connectivity index (χ1) is 13.0. The first-order valence-corrected chi connectivity index (χ1v) is 10.5. The first kappa shape index (κ1) is 19.8. The van der Waals surface area contributed by atoms with Gasteiger partial charge in [0, 0.05) is 19.6 Å². The summed E-state index contributed by atoms with van der Waals surface area (Å²) in [6.45, 7) is 9.83. The monoisotopic (exact) mass is 388 g/mol. The standard InChI is InChI=1S/C21H28N2O3S/c1-4-27-20-19(21(24)25)16(3)13-18(22-8-10-26-11-9-22)23(20)14-17-7-5-6-15(2)12-17/h5-7,12-13,20H,4,8-11,14H2,1-3H3,(H,24,25). The molecule has 5 nitrogen and oxygen atoms in total. The molecule has 6 heteroatoms. The Labute approximate surface area is 165 Å². The van der Waals surface area contributed by atoms with E-state index in [1.165, 1.54) is 11.1 Å². The molecule has 0 bridgehead atoms. The molecule has 0 saturated carbocycles. The minimum atomic E-state index is -0.829. The molecular formula is C21H28N2O3S. The number of hydrogen-bond acceptors (Lipinski definition) is 5. The Morgan fingerprint density at radius 1 is 1.30 bits per heavy atom. The normalized spacial score (nSPS) is 20.7. The highest BCUT2D eigenvalue weighted by Gasteiger charge is 2.35. The van der Waals surface area contributed by atoms with Crippen LogP contribution < -0.4 is 0 Å². The number of morpholine rings is 1. The molecule has 0 spiro atoms. The third-order valence-electron chi connectivity index (χ3n) is 4.92. The summed E-state index contributed by atoms with van der Waals surface area (Å²) in [7, 11) is 0. The molecular weight excluding hydrogens is 360 g/mol. The molecule has 1 atom stereocenters. The second kappa shape index (κ2) is 8.85. The molecule has 0 aromatic heterocycles. The van der Waals surface area contributed by atoms with Gasteiger partial charge in [0.2, 0.25) is 0 Å². The van der Waals surface area contributed by atoms with Crippen molar-refractivity contribution < 1.29 is 14.6 Å². The number of nitrogens with zero attached hydrogens (tertiary/aromatic N) is 2. The van der Waals surface area contributed by atoms with E-state index in [0.717, 1.165) is 30.2 Å². The van der Waals surface area contributed by atoms with Gasteiger partial charge in [-0.2, -0.15) is 0 Å². The highest BCUT2D eigenvalue weighted by molar-refractivity contribution is 8.00. The summed E-state index contributed by atoms with van der Waals surface area (Å²) >= 11 is 1.68. The number of carboxylic acids is 1. The van der Waals surface area contributed by atoms with Gasteiger partial charge in [0.25, 0.3) is 0 Å². The predicted octanol–water partition coefficient (Wildman–Crippen LogP) is 3.46. The number of ether oxygens (including phenoxy) is 1. The van der Waals surface area contributed by atoms with Gasteiger partial charge in [0.15, 0.2) is 0 Å². The van der Waals surface area contributed by atoms with Crippen LogP contribution in [0.25, 0.3) is 0 Å². The number of allylic oxidation sites excluding steroid dienone is 2. The van der Waals surface area contributed by atoms with Gasteiger partial charge >= 0.3 is 5.97 Å². The molecule has 0 aliphatic carbocycles. The van der Waals surface area contributed by atoms with Crippen LogP contribution in [-0.4, -0.2) is 58.3 Å². The third kappa shape index (κ3) is 4.50. The smallest absolute Gasteiger partial charge is 0.334 e. The zero-order valence-corrected chi connectivity index (χ0v) is 17.1. The largest absolute Gasteiger partial charge is 0.478 e. The Hall–Kier alpha value is -1.92. The molecule has 1 aromatic carbocycles. The number of rotatable bonds is 6. The van der Waals surface area contributed by atoms with Crippen molar-refractivity contribution >= 4 is 17.7 Å². The highest BCUT2D eigenvalue weighted by atomic mass is 32.2. The fourth-order valence-corrected chi connectivity index (χ4v) is 4.80. The van der Waals surface area contributed by atoms with Gasteiger partial charge in [-0.05, 0) is 36.8 Å². The van der Waals surface area contributed by atoms with Crippen LogP contribution in [0.2, 0.25) is 0 Å². The van der Waals surface area contributed by atoms with Crippen molar-refractivity contribution in [3.63, 3.8) is 0 Å². The molecule has 2 aliphatic rings. The second-order valence-electron chi connectivity index (χ2n) is 6.93. The molecule has 0 amide bonds. The second-order valence-corrected chi connectivity index (χ2v) is 8.29. The minimum Gasteiger partial charge on any atom is -0.478 e. The van der Waals surface area contributed by atoms with Crippen molar-refractivity contribution in [1.82, 2.24) is 9.80 Å². The van der Waals surface area contributed by atoms with Crippen LogP contribution in [0.1, 0.15) is 25.0 Å². The lowest BCUT2D eigenvalue weighted by molar-refractivity contribution is -0.133. The summed E-state index contributed by atoms with van der Waals surface area (Å²) in [5.41, 5.74) is 3.74. The maximum atomic E-state index is 12.0. The van der Waals surface area contributed by atoms with E-state index in [9.17, 15) is 9.90 Å². The number of hydrogen-bond donors (Lipinski definition) is 1. The Bertz CT molecular complexity index is 754. The summed E-state index contributed by atoms with van der Waals surface area (Å²) in [6, 6.07) is 8.44. The molecule has 1 fully saturated rings. The maximum Gasteiger partial charge on any atom is 0.334 e. The average Bonchev–Trinajstić information content (AvgIpc) is 2.64. The molecule has 3 rings (SSSR count). The number of aliphatic carboxylic acids is 1. The molecule has 0 radical (unpaired) electrons. The van der Waals surface area contributed by atoms with Crippen LogP contribution in [0, 0.1) is 6.92 Å². The highest BCUT2D eigenvalue weighted by Crippen LogP contribution is 2.36. The van der Waals surface area contributed by atoms with Gasteiger partial charge < -0.3 is 19.6 Å². The van der Waals surface area contributed by atoms with Crippen molar-refractivity contribution in [3.8, 4) is 0 Å². The van der Waals surface area contributed by atoms with Crippen molar-refractivity contribution in [2.45, 2.75) is 32.7 Å². The van der Waals surface area contributed by atoms with Gasteiger partial charge in [0.05, 0.1) is 18.8 Å². The first-order valence-electron chi connectivity index (χ1n) is 9.43. The summed E-state index contributed by atoms with van der Waals surface area (Å²) in [5, 5.41) is 9.67. The van der Waals surface area contributed by atoms with E-state index < -0.39 is 5.97 Å². The molecule has 1 aromatic rings. The van der Waals surface area contributed by atoms with E-state index in [0.29, 0.717) is 25.3 Å². The number of thioether (sulfide) groups is 1. The lowest BCUT2D eigenvalue weighted by atomic mass is 10.0. The van der Waals surface area contributed by atoms with E-state index in [1.54, 1.807) is 11.8 Å². The number of carbonyl (C=O) groups is 1. The van der Waals surface area contributed by atoms with Gasteiger partial charge in [0.1, 0.15) is 11.2 Å². The molecule has 146 valence electrons. The SMILES string of the molecule is CCSC1C(C(=O)O)=C(C)C=C(N2CCOCC2)N1Cc1cccc(C)c1. The lowest BCUT2D eigenvalue weighted by Gasteiger charge is -2.44. The van der Waals surface area contributed by atoms with Crippen molar-refractivity contribution in [2.24, 2.45) is 0 Å². The zero-order chi connectivity index (χ0) is 19.4. The number of benzene rings is 1. The van der Waals surface area contributed by atoms with Crippen LogP contribution in [0.4, 0.5) is 0 Å². The summed E-state index contributed by atoms with van der Waals surface area (Å²) < 4.78 is 5.52.